The predicted molar refractivity (Wildman–Crippen MR) is 45.4 cm³/mol. The standard InChI is InChI=1S/C9H18FN/c1-7(2)11-5-4-9(10)8(3)6-11/h7-9H,4-6H2,1-3H3/t8-,9-/m1/s1. The Labute approximate surface area is 68.6 Å². The predicted octanol–water partition coefficient (Wildman–Crippen LogP) is 2.07. The molecule has 66 valence electrons. The number of nitrogens with zero attached hydrogens (tertiary/aromatic N) is 1. The molecule has 1 nitrogen and oxygen atoms in total. The molecule has 2 atom stereocenters. The van der Waals surface area contributed by atoms with Crippen molar-refractivity contribution in [2.75, 3.05) is 13.1 Å². The zero-order chi connectivity index (χ0) is 8.43. The summed E-state index contributed by atoms with van der Waals surface area (Å²) in [6.45, 7) is 8.21. The van der Waals surface area contributed by atoms with Crippen molar-refractivity contribution in [3.63, 3.8) is 0 Å². The van der Waals surface area contributed by atoms with Crippen LogP contribution in [0.15, 0.2) is 0 Å². The third-order valence-corrected chi connectivity index (χ3v) is 2.56. The number of alkyl halides is 1. The molecule has 0 radical (unpaired) electrons. The second kappa shape index (κ2) is 3.53. The molecule has 0 bridgehead atoms. The lowest BCUT2D eigenvalue weighted by molar-refractivity contribution is 0.0773. The molecule has 0 spiro atoms. The van der Waals surface area contributed by atoms with Crippen molar-refractivity contribution in [1.29, 1.82) is 0 Å². The summed E-state index contributed by atoms with van der Waals surface area (Å²) in [5, 5.41) is 0. The lowest BCUT2D eigenvalue weighted by Crippen LogP contribution is -2.43. The van der Waals surface area contributed by atoms with Crippen molar-refractivity contribution in [3.8, 4) is 0 Å². The minimum absolute atomic E-state index is 0.228. The van der Waals surface area contributed by atoms with Crippen LogP contribution in [-0.2, 0) is 0 Å². The average Bonchev–Trinajstić information content (AvgIpc) is 1.94. The maximum atomic E-state index is 13.0. The Kier molecular flexibility index (Phi) is 2.88. The Hall–Kier alpha value is -0.110. The van der Waals surface area contributed by atoms with E-state index in [1.165, 1.54) is 0 Å². The average molecular weight is 159 g/mol. The molecule has 2 heteroatoms. The highest BCUT2D eigenvalue weighted by Crippen LogP contribution is 2.20. The van der Waals surface area contributed by atoms with Gasteiger partial charge in [0.2, 0.25) is 0 Å². The second-order valence-corrected chi connectivity index (χ2v) is 3.87. The molecule has 0 aliphatic carbocycles. The second-order valence-electron chi connectivity index (χ2n) is 3.87. The van der Waals surface area contributed by atoms with Crippen LogP contribution < -0.4 is 0 Å². The molecule has 1 fully saturated rings. The van der Waals surface area contributed by atoms with E-state index in [4.69, 9.17) is 0 Å². The van der Waals surface area contributed by atoms with Crippen LogP contribution in [0.25, 0.3) is 0 Å². The highest BCUT2D eigenvalue weighted by atomic mass is 19.1. The first-order valence-corrected chi connectivity index (χ1v) is 4.49. The Balaban J connectivity index is 2.40. The van der Waals surface area contributed by atoms with Gasteiger partial charge in [0, 0.05) is 25.0 Å². The van der Waals surface area contributed by atoms with Crippen LogP contribution in [-0.4, -0.2) is 30.2 Å². The van der Waals surface area contributed by atoms with Gasteiger partial charge in [-0.3, -0.25) is 0 Å². The van der Waals surface area contributed by atoms with Crippen molar-refractivity contribution in [2.45, 2.75) is 39.4 Å². The van der Waals surface area contributed by atoms with Crippen LogP contribution in [0.1, 0.15) is 27.2 Å². The molecule has 0 aromatic carbocycles. The first-order valence-electron chi connectivity index (χ1n) is 4.49. The van der Waals surface area contributed by atoms with Crippen LogP contribution in [0.2, 0.25) is 0 Å². The fourth-order valence-electron chi connectivity index (χ4n) is 1.62. The molecular formula is C9H18FN. The summed E-state index contributed by atoms with van der Waals surface area (Å²) in [5.41, 5.74) is 0. The van der Waals surface area contributed by atoms with Crippen LogP contribution in [0, 0.1) is 5.92 Å². The third kappa shape index (κ3) is 2.16. The first kappa shape index (κ1) is 8.98. The normalized spacial score (nSPS) is 34.6. The summed E-state index contributed by atoms with van der Waals surface area (Å²) < 4.78 is 13.0. The molecule has 1 aliphatic rings. The number of halogens is 1. The molecule has 0 N–H and O–H groups in total. The Morgan fingerprint density at radius 2 is 2.09 bits per heavy atom. The highest BCUT2D eigenvalue weighted by molar-refractivity contribution is 4.78. The van der Waals surface area contributed by atoms with E-state index in [1.54, 1.807) is 0 Å². The minimum Gasteiger partial charge on any atom is -0.300 e. The highest BCUT2D eigenvalue weighted by Gasteiger charge is 2.26. The monoisotopic (exact) mass is 159 g/mol. The summed E-state index contributed by atoms with van der Waals surface area (Å²) in [6, 6.07) is 0.574. The molecule has 1 aliphatic heterocycles. The fraction of sp³-hybridized carbons (Fsp3) is 1.00. The van der Waals surface area contributed by atoms with Crippen LogP contribution in [0.5, 0.6) is 0 Å². The van der Waals surface area contributed by atoms with E-state index in [2.05, 4.69) is 18.7 Å². The van der Waals surface area contributed by atoms with Gasteiger partial charge in [-0.05, 0) is 20.3 Å². The SMILES string of the molecule is CC(C)N1CC[C@@H](F)[C@H](C)C1. The summed E-state index contributed by atoms with van der Waals surface area (Å²) in [6.07, 6.45) is 0.157. The van der Waals surface area contributed by atoms with Crippen molar-refractivity contribution in [2.24, 2.45) is 5.92 Å². The van der Waals surface area contributed by atoms with Gasteiger partial charge in [-0.1, -0.05) is 6.92 Å². The molecule has 0 aromatic rings. The maximum Gasteiger partial charge on any atom is 0.105 e. The molecular weight excluding hydrogens is 141 g/mol. The molecule has 0 saturated carbocycles. The van der Waals surface area contributed by atoms with Crippen LogP contribution >= 0.6 is 0 Å². The molecule has 0 amide bonds. The lowest BCUT2D eigenvalue weighted by atomic mass is 9.97. The van der Waals surface area contributed by atoms with Crippen molar-refractivity contribution in [1.82, 2.24) is 4.90 Å². The number of hydrogen-bond donors (Lipinski definition) is 0. The van der Waals surface area contributed by atoms with E-state index in [-0.39, 0.29) is 5.92 Å². The van der Waals surface area contributed by atoms with Gasteiger partial charge in [0.15, 0.2) is 0 Å². The zero-order valence-electron chi connectivity index (χ0n) is 7.68. The summed E-state index contributed by atoms with van der Waals surface area (Å²) in [7, 11) is 0. The zero-order valence-corrected chi connectivity index (χ0v) is 7.68. The van der Waals surface area contributed by atoms with Gasteiger partial charge in [0.1, 0.15) is 6.17 Å². The van der Waals surface area contributed by atoms with Crippen molar-refractivity contribution < 1.29 is 4.39 Å². The van der Waals surface area contributed by atoms with E-state index in [1.807, 2.05) is 6.92 Å². The topological polar surface area (TPSA) is 3.24 Å². The van der Waals surface area contributed by atoms with Crippen molar-refractivity contribution >= 4 is 0 Å². The molecule has 0 aromatic heterocycles. The summed E-state index contributed by atoms with van der Waals surface area (Å²) in [4.78, 5) is 2.35. The van der Waals surface area contributed by atoms with Gasteiger partial charge in [0.05, 0.1) is 0 Å². The van der Waals surface area contributed by atoms with Crippen molar-refractivity contribution in [3.05, 3.63) is 0 Å². The molecule has 1 rings (SSSR count). The van der Waals surface area contributed by atoms with E-state index in [0.29, 0.717) is 6.04 Å². The van der Waals surface area contributed by atoms with Gasteiger partial charge in [-0.25, -0.2) is 4.39 Å². The van der Waals surface area contributed by atoms with E-state index in [0.717, 1.165) is 19.5 Å². The summed E-state index contributed by atoms with van der Waals surface area (Å²) in [5.74, 6) is 0.228. The smallest absolute Gasteiger partial charge is 0.105 e. The number of rotatable bonds is 1. The molecule has 11 heavy (non-hydrogen) atoms. The quantitative estimate of drug-likeness (QED) is 0.566. The van der Waals surface area contributed by atoms with E-state index >= 15 is 0 Å². The number of piperidine rings is 1. The van der Waals surface area contributed by atoms with Gasteiger partial charge in [-0.2, -0.15) is 0 Å². The number of likely N-dealkylation sites (tertiary alicyclic amines) is 1. The molecule has 0 unspecified atom stereocenters. The van der Waals surface area contributed by atoms with Crippen LogP contribution in [0.3, 0.4) is 0 Å². The van der Waals surface area contributed by atoms with Crippen LogP contribution in [0.4, 0.5) is 4.39 Å². The fourth-order valence-corrected chi connectivity index (χ4v) is 1.62. The van der Waals surface area contributed by atoms with Gasteiger partial charge < -0.3 is 4.90 Å². The van der Waals surface area contributed by atoms with Gasteiger partial charge in [-0.15, -0.1) is 0 Å². The summed E-state index contributed by atoms with van der Waals surface area (Å²) >= 11 is 0. The number of hydrogen-bond acceptors (Lipinski definition) is 1. The molecule has 1 heterocycles. The minimum atomic E-state index is -0.565. The van der Waals surface area contributed by atoms with Gasteiger partial charge >= 0.3 is 0 Å². The van der Waals surface area contributed by atoms with E-state index < -0.39 is 6.17 Å². The maximum absolute atomic E-state index is 13.0. The molecule has 1 saturated heterocycles. The lowest BCUT2D eigenvalue weighted by Gasteiger charge is -2.35. The Morgan fingerprint density at radius 3 is 2.55 bits per heavy atom. The largest absolute Gasteiger partial charge is 0.300 e. The van der Waals surface area contributed by atoms with Gasteiger partial charge in [0.25, 0.3) is 0 Å². The van der Waals surface area contributed by atoms with E-state index in [9.17, 15) is 4.39 Å². The Bertz CT molecular complexity index is 125. The third-order valence-electron chi connectivity index (χ3n) is 2.56. The first-order chi connectivity index (χ1) is 5.11. The Morgan fingerprint density at radius 1 is 1.45 bits per heavy atom.